The third-order valence-corrected chi connectivity index (χ3v) is 17.9. The summed E-state index contributed by atoms with van der Waals surface area (Å²) in [4.78, 5) is 24.6. The number of unbranched alkanes of at least 4 members (excludes halogenated alkanes) is 57. The molecule has 6 heteroatoms. The first-order chi connectivity index (χ1) is 41.5. The molecule has 84 heavy (non-hydrogen) atoms. The summed E-state index contributed by atoms with van der Waals surface area (Å²) in [5, 5.41) is 23.3. The molecular weight excluding hydrogens is 1030 g/mol. The second-order valence-corrected chi connectivity index (χ2v) is 26.3. The van der Waals surface area contributed by atoms with Crippen LogP contribution in [0.15, 0.2) is 36.5 Å². The van der Waals surface area contributed by atoms with Crippen LogP contribution in [0, 0.1) is 0 Å². The smallest absolute Gasteiger partial charge is 0.305 e. The van der Waals surface area contributed by atoms with Gasteiger partial charge in [-0.05, 0) is 83.5 Å². The highest BCUT2D eigenvalue weighted by atomic mass is 16.5. The van der Waals surface area contributed by atoms with Crippen LogP contribution >= 0.6 is 0 Å². The lowest BCUT2D eigenvalue weighted by Gasteiger charge is -2.20. The number of aliphatic hydroxyl groups is 2. The largest absolute Gasteiger partial charge is 0.466 e. The molecule has 0 aromatic carbocycles. The molecule has 2 atom stereocenters. The van der Waals surface area contributed by atoms with E-state index in [4.69, 9.17) is 4.74 Å². The SMILES string of the molecule is CCCCCCCCC/C=C\CCCCCCCC(=O)OCCCCCCCCCCCCCC/C=C\CCCCCCCCCCCCCCCCC(=O)NC(CO)C(O)/C=C/CCCCCCCCCCCCCCCCCCCCC. The summed E-state index contributed by atoms with van der Waals surface area (Å²) in [5.74, 6) is -0.0523. The van der Waals surface area contributed by atoms with E-state index in [0.717, 1.165) is 44.9 Å². The summed E-state index contributed by atoms with van der Waals surface area (Å²) < 4.78 is 5.50. The van der Waals surface area contributed by atoms with Crippen molar-refractivity contribution in [1.82, 2.24) is 5.32 Å². The zero-order valence-corrected chi connectivity index (χ0v) is 56.9. The summed E-state index contributed by atoms with van der Waals surface area (Å²) in [6.45, 7) is 4.94. The van der Waals surface area contributed by atoms with Gasteiger partial charge in [-0.2, -0.15) is 0 Å². The number of allylic oxidation sites excluding steroid dienone is 5. The van der Waals surface area contributed by atoms with Crippen LogP contribution in [0.5, 0.6) is 0 Å². The predicted molar refractivity (Wildman–Crippen MR) is 370 cm³/mol. The summed E-state index contributed by atoms with van der Waals surface area (Å²) in [6.07, 6.45) is 95.3. The molecule has 3 N–H and O–H groups in total. The van der Waals surface area contributed by atoms with E-state index in [-0.39, 0.29) is 18.5 Å². The minimum Gasteiger partial charge on any atom is -0.466 e. The van der Waals surface area contributed by atoms with Crippen molar-refractivity contribution in [3.63, 3.8) is 0 Å². The lowest BCUT2D eigenvalue weighted by Crippen LogP contribution is -2.45. The number of carbonyl (C=O) groups is 2. The zero-order valence-electron chi connectivity index (χ0n) is 56.9. The Morgan fingerprint density at radius 1 is 0.321 bits per heavy atom. The highest BCUT2D eigenvalue weighted by Gasteiger charge is 2.18. The average molecular weight is 1180 g/mol. The van der Waals surface area contributed by atoms with Crippen LogP contribution in [-0.2, 0) is 14.3 Å². The highest BCUT2D eigenvalue weighted by Crippen LogP contribution is 2.19. The van der Waals surface area contributed by atoms with Gasteiger partial charge in [0.2, 0.25) is 5.91 Å². The van der Waals surface area contributed by atoms with Gasteiger partial charge in [0.1, 0.15) is 0 Å². The maximum atomic E-state index is 12.5. The molecule has 496 valence electrons. The van der Waals surface area contributed by atoms with Gasteiger partial charge in [0.05, 0.1) is 25.4 Å². The lowest BCUT2D eigenvalue weighted by molar-refractivity contribution is -0.143. The molecule has 0 saturated heterocycles. The lowest BCUT2D eigenvalue weighted by atomic mass is 10.0. The molecule has 0 bridgehead atoms. The van der Waals surface area contributed by atoms with E-state index in [1.807, 2.05) is 6.08 Å². The molecule has 0 aliphatic carbocycles. The fraction of sp³-hybridized carbons (Fsp3) is 0.897. The average Bonchev–Trinajstić information content (AvgIpc) is 3.51. The van der Waals surface area contributed by atoms with Crippen LogP contribution in [0.3, 0.4) is 0 Å². The highest BCUT2D eigenvalue weighted by molar-refractivity contribution is 5.76. The zero-order chi connectivity index (χ0) is 60.6. The number of carbonyl (C=O) groups excluding carboxylic acids is 2. The number of aliphatic hydroxyl groups excluding tert-OH is 2. The van der Waals surface area contributed by atoms with Crippen LogP contribution < -0.4 is 5.32 Å². The molecule has 0 aliphatic heterocycles. The van der Waals surface area contributed by atoms with Gasteiger partial charge < -0.3 is 20.3 Å². The number of hydrogen-bond acceptors (Lipinski definition) is 5. The number of hydrogen-bond donors (Lipinski definition) is 3. The predicted octanol–water partition coefficient (Wildman–Crippen LogP) is 25.0. The van der Waals surface area contributed by atoms with Crippen molar-refractivity contribution in [3.8, 4) is 0 Å². The molecule has 6 nitrogen and oxygen atoms in total. The number of ether oxygens (including phenoxy) is 1. The first-order valence-corrected chi connectivity index (χ1v) is 38.3. The maximum absolute atomic E-state index is 12.5. The van der Waals surface area contributed by atoms with E-state index < -0.39 is 12.1 Å². The standard InChI is InChI=1S/C78H149NO5/c1-3-5-7-9-11-13-15-17-19-21-22-33-36-39-42-46-50-54-58-62-66-70-76(81)75(74-80)79-77(82)71-67-63-59-55-51-47-43-40-37-34-31-29-27-25-23-24-26-28-30-32-35-38-41-45-49-53-57-61-65-69-73-84-78(83)72-68-64-60-56-52-48-44-20-18-16-14-12-10-8-6-4-2/h20,24,26,44,66,70,75-76,80-81H,3-19,21-23,25,27-43,45-65,67-69,71-74H2,1-2H3,(H,79,82)/b26-24-,44-20-,70-66+. The third kappa shape index (κ3) is 69.2. The Labute approximate surface area is 525 Å². The van der Waals surface area contributed by atoms with Crippen molar-refractivity contribution < 1.29 is 24.5 Å². The number of rotatable bonds is 72. The molecule has 0 aromatic heterocycles. The van der Waals surface area contributed by atoms with Crippen LogP contribution in [0.4, 0.5) is 0 Å². The minimum atomic E-state index is -0.845. The van der Waals surface area contributed by atoms with Crippen molar-refractivity contribution >= 4 is 11.9 Å². The summed E-state index contributed by atoms with van der Waals surface area (Å²) >= 11 is 0. The molecule has 1 amide bonds. The maximum Gasteiger partial charge on any atom is 0.305 e. The molecule has 0 heterocycles. The Morgan fingerprint density at radius 2 is 0.560 bits per heavy atom. The quantitative estimate of drug-likeness (QED) is 0.0320. The van der Waals surface area contributed by atoms with E-state index in [1.54, 1.807) is 6.08 Å². The molecule has 0 rings (SSSR count). The van der Waals surface area contributed by atoms with Gasteiger partial charge in [-0.25, -0.2) is 0 Å². The summed E-state index contributed by atoms with van der Waals surface area (Å²) in [7, 11) is 0. The first-order valence-electron chi connectivity index (χ1n) is 38.3. The molecule has 0 aliphatic rings. The van der Waals surface area contributed by atoms with Gasteiger partial charge in [0.15, 0.2) is 0 Å². The van der Waals surface area contributed by atoms with E-state index in [0.29, 0.717) is 19.4 Å². The molecule has 0 radical (unpaired) electrons. The van der Waals surface area contributed by atoms with Crippen molar-refractivity contribution in [1.29, 1.82) is 0 Å². The van der Waals surface area contributed by atoms with Crippen LogP contribution in [0.1, 0.15) is 425 Å². The molecule has 0 fully saturated rings. The van der Waals surface area contributed by atoms with Crippen molar-refractivity contribution in [2.45, 2.75) is 437 Å². The first kappa shape index (κ1) is 82.1. The normalized spacial score (nSPS) is 12.7. The number of amides is 1. The molecular formula is C78H149NO5. The van der Waals surface area contributed by atoms with Crippen LogP contribution in [-0.4, -0.2) is 47.4 Å². The van der Waals surface area contributed by atoms with Crippen molar-refractivity contribution in [2.75, 3.05) is 13.2 Å². The molecule has 0 aromatic rings. The second kappa shape index (κ2) is 73.5. The van der Waals surface area contributed by atoms with Gasteiger partial charge in [0.25, 0.3) is 0 Å². The van der Waals surface area contributed by atoms with Gasteiger partial charge >= 0.3 is 5.97 Å². The Morgan fingerprint density at radius 3 is 0.845 bits per heavy atom. The topological polar surface area (TPSA) is 95.9 Å². The fourth-order valence-corrected chi connectivity index (χ4v) is 12.0. The van der Waals surface area contributed by atoms with Gasteiger partial charge in [-0.3, -0.25) is 9.59 Å². The Hall–Kier alpha value is -1.92. The van der Waals surface area contributed by atoms with E-state index in [9.17, 15) is 19.8 Å². The van der Waals surface area contributed by atoms with Gasteiger partial charge in [0, 0.05) is 12.8 Å². The summed E-state index contributed by atoms with van der Waals surface area (Å²) in [6, 6.07) is -0.628. The van der Waals surface area contributed by atoms with E-state index in [2.05, 4.69) is 43.5 Å². The molecule has 0 saturated carbocycles. The Bertz CT molecular complexity index is 1360. The van der Waals surface area contributed by atoms with Crippen LogP contribution in [0.2, 0.25) is 0 Å². The number of nitrogens with one attached hydrogen (secondary N) is 1. The molecule has 2 unspecified atom stereocenters. The van der Waals surface area contributed by atoms with E-state index >= 15 is 0 Å². The van der Waals surface area contributed by atoms with Crippen molar-refractivity contribution in [2.24, 2.45) is 0 Å². The Balaban J connectivity index is 3.39. The van der Waals surface area contributed by atoms with Gasteiger partial charge in [-0.1, -0.05) is 365 Å². The monoisotopic (exact) mass is 1180 g/mol. The third-order valence-electron chi connectivity index (χ3n) is 17.9. The van der Waals surface area contributed by atoms with Crippen molar-refractivity contribution in [3.05, 3.63) is 36.5 Å². The minimum absolute atomic E-state index is 0.0101. The van der Waals surface area contributed by atoms with Crippen LogP contribution in [0.25, 0.3) is 0 Å². The number of esters is 1. The van der Waals surface area contributed by atoms with Gasteiger partial charge in [-0.15, -0.1) is 0 Å². The van der Waals surface area contributed by atoms with E-state index in [1.165, 1.54) is 353 Å². The second-order valence-electron chi connectivity index (χ2n) is 26.3. The fourth-order valence-electron chi connectivity index (χ4n) is 12.0. The summed E-state index contributed by atoms with van der Waals surface area (Å²) in [5.41, 5.74) is 0. The molecule has 0 spiro atoms. The Kier molecular flexibility index (Phi) is 71.9.